The standard InChI is InChI=1S/C22H26Cl2N2O3/c1-14(2)25-22(28)16(4)26(12-18-19(23)6-5-7-20(18)24)21(27)13-29-17-10-8-15(3)9-11-17/h5-11,14,16H,12-13H2,1-4H3,(H,25,28)/t16-/m0/s1. The predicted octanol–water partition coefficient (Wildman–Crippen LogP) is 4.62. The molecule has 0 radical (unpaired) electrons. The van der Waals surface area contributed by atoms with Gasteiger partial charge in [-0.3, -0.25) is 9.59 Å². The highest BCUT2D eigenvalue weighted by atomic mass is 35.5. The first-order valence-corrected chi connectivity index (χ1v) is 10.2. The Labute approximate surface area is 181 Å². The first-order valence-electron chi connectivity index (χ1n) is 9.41. The predicted molar refractivity (Wildman–Crippen MR) is 116 cm³/mol. The largest absolute Gasteiger partial charge is 0.484 e. The zero-order chi connectivity index (χ0) is 21.6. The molecule has 0 fully saturated rings. The van der Waals surface area contributed by atoms with E-state index in [0.29, 0.717) is 21.4 Å². The fourth-order valence-electron chi connectivity index (χ4n) is 2.70. The number of hydrogen-bond acceptors (Lipinski definition) is 3. The minimum absolute atomic E-state index is 0.0467. The molecular formula is C22H26Cl2N2O3. The molecule has 0 aliphatic heterocycles. The number of aryl methyl sites for hydroxylation is 1. The maximum atomic E-state index is 13.0. The number of benzene rings is 2. The van der Waals surface area contributed by atoms with E-state index in [1.165, 1.54) is 4.90 Å². The van der Waals surface area contributed by atoms with Gasteiger partial charge in [0.2, 0.25) is 5.91 Å². The second kappa shape index (κ2) is 10.5. The van der Waals surface area contributed by atoms with Crippen molar-refractivity contribution >= 4 is 35.0 Å². The van der Waals surface area contributed by atoms with E-state index in [-0.39, 0.29) is 31.0 Å². The van der Waals surface area contributed by atoms with E-state index < -0.39 is 6.04 Å². The Morgan fingerprint density at radius 2 is 1.62 bits per heavy atom. The number of ether oxygens (including phenoxy) is 1. The summed E-state index contributed by atoms with van der Waals surface area (Å²) in [6.07, 6.45) is 0. The molecule has 156 valence electrons. The summed E-state index contributed by atoms with van der Waals surface area (Å²) >= 11 is 12.6. The maximum Gasteiger partial charge on any atom is 0.261 e. The fourth-order valence-corrected chi connectivity index (χ4v) is 3.22. The van der Waals surface area contributed by atoms with Crippen LogP contribution in [0.3, 0.4) is 0 Å². The highest BCUT2D eigenvalue weighted by Crippen LogP contribution is 2.26. The highest BCUT2D eigenvalue weighted by molar-refractivity contribution is 6.36. The molecule has 2 amide bonds. The van der Waals surface area contributed by atoms with Gasteiger partial charge in [-0.05, 0) is 52.0 Å². The number of halogens is 2. The molecule has 7 heteroatoms. The second-order valence-electron chi connectivity index (χ2n) is 7.16. The molecule has 29 heavy (non-hydrogen) atoms. The summed E-state index contributed by atoms with van der Waals surface area (Å²) in [5.41, 5.74) is 1.68. The summed E-state index contributed by atoms with van der Waals surface area (Å²) in [5.74, 6) is -0.0150. The van der Waals surface area contributed by atoms with Crippen molar-refractivity contribution in [2.24, 2.45) is 0 Å². The van der Waals surface area contributed by atoms with Crippen LogP contribution in [0.5, 0.6) is 5.75 Å². The third-order valence-electron chi connectivity index (χ3n) is 4.37. The SMILES string of the molecule is Cc1ccc(OCC(=O)N(Cc2c(Cl)cccc2Cl)[C@@H](C)C(=O)NC(C)C)cc1. The highest BCUT2D eigenvalue weighted by Gasteiger charge is 2.28. The smallest absolute Gasteiger partial charge is 0.261 e. The van der Waals surface area contributed by atoms with Crippen LogP contribution in [-0.2, 0) is 16.1 Å². The average Bonchev–Trinajstić information content (AvgIpc) is 2.66. The summed E-state index contributed by atoms with van der Waals surface area (Å²) in [7, 11) is 0. The summed E-state index contributed by atoms with van der Waals surface area (Å²) in [6, 6.07) is 11.8. The lowest BCUT2D eigenvalue weighted by Gasteiger charge is -2.30. The average molecular weight is 437 g/mol. The molecule has 0 aliphatic rings. The molecule has 0 spiro atoms. The van der Waals surface area contributed by atoms with Gasteiger partial charge in [0.1, 0.15) is 11.8 Å². The number of carbonyl (C=O) groups is 2. The summed E-state index contributed by atoms with van der Waals surface area (Å²) in [6.45, 7) is 7.27. The van der Waals surface area contributed by atoms with Gasteiger partial charge in [0, 0.05) is 28.2 Å². The minimum Gasteiger partial charge on any atom is -0.484 e. The number of nitrogens with one attached hydrogen (secondary N) is 1. The molecular weight excluding hydrogens is 411 g/mol. The van der Waals surface area contributed by atoms with Gasteiger partial charge in [0.05, 0.1) is 0 Å². The zero-order valence-electron chi connectivity index (χ0n) is 17.0. The molecule has 0 aromatic heterocycles. The van der Waals surface area contributed by atoms with Crippen molar-refractivity contribution in [3.05, 3.63) is 63.6 Å². The Balaban J connectivity index is 2.21. The van der Waals surface area contributed by atoms with Crippen molar-refractivity contribution in [3.63, 3.8) is 0 Å². The van der Waals surface area contributed by atoms with Gasteiger partial charge in [-0.15, -0.1) is 0 Å². The Bertz CT molecular complexity index is 833. The van der Waals surface area contributed by atoms with Crippen LogP contribution in [0.15, 0.2) is 42.5 Å². The topological polar surface area (TPSA) is 58.6 Å². The molecule has 1 atom stereocenters. The molecule has 2 aromatic carbocycles. The second-order valence-corrected chi connectivity index (χ2v) is 7.98. The lowest BCUT2D eigenvalue weighted by Crippen LogP contribution is -2.50. The number of nitrogens with zero attached hydrogens (tertiary/aromatic N) is 1. The van der Waals surface area contributed by atoms with E-state index in [4.69, 9.17) is 27.9 Å². The number of amides is 2. The number of hydrogen-bond donors (Lipinski definition) is 1. The zero-order valence-corrected chi connectivity index (χ0v) is 18.6. The molecule has 1 N–H and O–H groups in total. The van der Waals surface area contributed by atoms with E-state index in [2.05, 4.69) is 5.32 Å². The van der Waals surface area contributed by atoms with Gasteiger partial charge in [-0.2, -0.15) is 0 Å². The maximum absolute atomic E-state index is 13.0. The normalized spacial score (nSPS) is 11.8. The molecule has 0 heterocycles. The molecule has 0 unspecified atom stereocenters. The van der Waals surface area contributed by atoms with Crippen molar-refractivity contribution in [2.45, 2.75) is 46.3 Å². The quantitative estimate of drug-likeness (QED) is 0.656. The van der Waals surface area contributed by atoms with Gasteiger partial charge in [-0.1, -0.05) is 47.0 Å². The fraction of sp³-hybridized carbons (Fsp3) is 0.364. The van der Waals surface area contributed by atoms with E-state index >= 15 is 0 Å². The van der Waals surface area contributed by atoms with E-state index in [0.717, 1.165) is 5.56 Å². The molecule has 5 nitrogen and oxygen atoms in total. The van der Waals surface area contributed by atoms with Crippen LogP contribution in [0.25, 0.3) is 0 Å². The first kappa shape index (κ1) is 23.0. The lowest BCUT2D eigenvalue weighted by atomic mass is 10.1. The molecule has 2 aromatic rings. The van der Waals surface area contributed by atoms with Crippen molar-refractivity contribution < 1.29 is 14.3 Å². The van der Waals surface area contributed by atoms with Crippen molar-refractivity contribution in [3.8, 4) is 5.75 Å². The summed E-state index contributed by atoms with van der Waals surface area (Å²) in [4.78, 5) is 27.0. The van der Waals surface area contributed by atoms with Crippen LogP contribution in [-0.4, -0.2) is 35.4 Å². The van der Waals surface area contributed by atoms with Gasteiger partial charge < -0.3 is 15.0 Å². The van der Waals surface area contributed by atoms with Gasteiger partial charge in [0.15, 0.2) is 6.61 Å². The van der Waals surface area contributed by atoms with E-state index in [1.807, 2.05) is 32.9 Å². The van der Waals surface area contributed by atoms with Crippen molar-refractivity contribution in [1.82, 2.24) is 10.2 Å². The Hall–Kier alpha value is -2.24. The summed E-state index contributed by atoms with van der Waals surface area (Å²) in [5, 5.41) is 3.71. The van der Waals surface area contributed by atoms with Crippen LogP contribution in [0.4, 0.5) is 0 Å². The van der Waals surface area contributed by atoms with Gasteiger partial charge in [-0.25, -0.2) is 0 Å². The molecule has 0 bridgehead atoms. The Kier molecular flexibility index (Phi) is 8.35. The molecule has 0 saturated heterocycles. The van der Waals surface area contributed by atoms with Crippen molar-refractivity contribution in [1.29, 1.82) is 0 Å². The van der Waals surface area contributed by atoms with Crippen molar-refractivity contribution in [2.75, 3.05) is 6.61 Å². The van der Waals surface area contributed by atoms with Gasteiger partial charge >= 0.3 is 0 Å². The third-order valence-corrected chi connectivity index (χ3v) is 5.08. The minimum atomic E-state index is -0.723. The first-order chi connectivity index (χ1) is 13.7. The van der Waals surface area contributed by atoms with E-state index in [1.54, 1.807) is 37.3 Å². The molecule has 0 aliphatic carbocycles. The monoisotopic (exact) mass is 436 g/mol. The van der Waals surface area contributed by atoms with Crippen LogP contribution in [0.1, 0.15) is 31.9 Å². The van der Waals surface area contributed by atoms with Crippen LogP contribution < -0.4 is 10.1 Å². The van der Waals surface area contributed by atoms with Gasteiger partial charge in [0.25, 0.3) is 5.91 Å². The number of carbonyl (C=O) groups excluding carboxylic acids is 2. The summed E-state index contributed by atoms with van der Waals surface area (Å²) < 4.78 is 5.62. The number of rotatable bonds is 8. The molecule has 0 saturated carbocycles. The van der Waals surface area contributed by atoms with Crippen LogP contribution >= 0.6 is 23.2 Å². The lowest BCUT2D eigenvalue weighted by molar-refractivity contribution is -0.142. The third kappa shape index (κ3) is 6.65. The van der Waals surface area contributed by atoms with Crippen LogP contribution in [0, 0.1) is 6.92 Å². The van der Waals surface area contributed by atoms with Crippen LogP contribution in [0.2, 0.25) is 10.0 Å². The molecule has 2 rings (SSSR count). The Morgan fingerprint density at radius 1 is 1.03 bits per heavy atom. The van der Waals surface area contributed by atoms with E-state index in [9.17, 15) is 9.59 Å². The Morgan fingerprint density at radius 3 is 2.17 bits per heavy atom.